The molecule has 0 bridgehead atoms. The Morgan fingerprint density at radius 3 is 2.85 bits per heavy atom. The Morgan fingerprint density at radius 2 is 2.20 bits per heavy atom. The van der Waals surface area contributed by atoms with E-state index in [2.05, 4.69) is 10.3 Å². The van der Waals surface area contributed by atoms with Crippen LogP contribution in [0.3, 0.4) is 0 Å². The molecule has 0 atom stereocenters. The molecule has 1 heterocycles. The second-order valence-electron chi connectivity index (χ2n) is 4.31. The topological polar surface area (TPSA) is 51.2 Å². The zero-order valence-electron chi connectivity index (χ0n) is 11.3. The van der Waals surface area contributed by atoms with Crippen LogP contribution in [0.1, 0.15) is 21.6 Å². The molecule has 104 valence electrons. The van der Waals surface area contributed by atoms with Crippen LogP contribution < -0.4 is 10.1 Å². The fourth-order valence-electron chi connectivity index (χ4n) is 1.77. The normalized spacial score (nSPS) is 10.2. The van der Waals surface area contributed by atoms with Crippen LogP contribution in [0, 0.1) is 6.92 Å². The van der Waals surface area contributed by atoms with Crippen LogP contribution in [0.15, 0.2) is 36.5 Å². The summed E-state index contributed by atoms with van der Waals surface area (Å²) >= 11 is 6.06. The number of hydrogen-bond donors (Lipinski definition) is 1. The molecule has 5 heteroatoms. The lowest BCUT2D eigenvalue weighted by Gasteiger charge is -2.11. The van der Waals surface area contributed by atoms with Crippen molar-refractivity contribution in [2.45, 2.75) is 13.5 Å². The van der Waals surface area contributed by atoms with E-state index in [0.717, 1.165) is 11.3 Å². The number of pyridine rings is 1. The van der Waals surface area contributed by atoms with Crippen LogP contribution in [0.25, 0.3) is 0 Å². The number of aryl methyl sites for hydroxylation is 1. The van der Waals surface area contributed by atoms with Crippen molar-refractivity contribution in [3.8, 4) is 5.75 Å². The Kier molecular flexibility index (Phi) is 4.58. The van der Waals surface area contributed by atoms with Crippen molar-refractivity contribution in [3.05, 3.63) is 58.4 Å². The number of ether oxygens (including phenoxy) is 1. The maximum Gasteiger partial charge on any atom is 0.255 e. The number of methoxy groups -OCH3 is 1. The highest BCUT2D eigenvalue weighted by atomic mass is 35.5. The molecule has 0 radical (unpaired) electrons. The number of carbonyl (C=O) groups excluding carboxylic acids is 1. The van der Waals surface area contributed by atoms with Gasteiger partial charge in [0.05, 0.1) is 24.9 Å². The van der Waals surface area contributed by atoms with Crippen LogP contribution in [0.4, 0.5) is 0 Å². The van der Waals surface area contributed by atoms with E-state index in [-0.39, 0.29) is 5.91 Å². The third-order valence-corrected chi connectivity index (χ3v) is 3.29. The number of aromatic nitrogens is 1. The van der Waals surface area contributed by atoms with E-state index in [9.17, 15) is 4.79 Å². The molecule has 0 fully saturated rings. The van der Waals surface area contributed by atoms with Gasteiger partial charge >= 0.3 is 0 Å². The second-order valence-corrected chi connectivity index (χ2v) is 4.71. The maximum absolute atomic E-state index is 12.2. The lowest BCUT2D eigenvalue weighted by atomic mass is 10.1. The SMILES string of the molecule is COc1cc(C)c(Cl)cc1C(=O)NCc1ccccn1. The molecule has 0 aliphatic rings. The first-order chi connectivity index (χ1) is 9.61. The maximum atomic E-state index is 12.2. The van der Waals surface area contributed by atoms with Gasteiger partial charge in [0.25, 0.3) is 5.91 Å². The minimum absolute atomic E-state index is 0.241. The van der Waals surface area contributed by atoms with E-state index < -0.39 is 0 Å². The van der Waals surface area contributed by atoms with Gasteiger partial charge in [-0.05, 0) is 36.8 Å². The highest BCUT2D eigenvalue weighted by Crippen LogP contribution is 2.26. The third-order valence-electron chi connectivity index (χ3n) is 2.88. The summed E-state index contributed by atoms with van der Waals surface area (Å²) in [5.74, 6) is 0.264. The third kappa shape index (κ3) is 3.27. The van der Waals surface area contributed by atoms with Gasteiger partial charge in [-0.15, -0.1) is 0 Å². The zero-order chi connectivity index (χ0) is 14.5. The fourth-order valence-corrected chi connectivity index (χ4v) is 1.93. The quantitative estimate of drug-likeness (QED) is 0.942. The molecule has 0 unspecified atom stereocenters. The minimum Gasteiger partial charge on any atom is -0.496 e. The summed E-state index contributed by atoms with van der Waals surface area (Å²) in [7, 11) is 1.53. The molecular weight excluding hydrogens is 276 g/mol. The summed E-state index contributed by atoms with van der Waals surface area (Å²) in [6, 6.07) is 8.91. The summed E-state index contributed by atoms with van der Waals surface area (Å²) < 4.78 is 5.22. The van der Waals surface area contributed by atoms with Gasteiger partial charge in [-0.25, -0.2) is 0 Å². The molecule has 1 aromatic carbocycles. The Hall–Kier alpha value is -2.07. The lowest BCUT2D eigenvalue weighted by molar-refractivity contribution is 0.0947. The largest absolute Gasteiger partial charge is 0.496 e. The predicted molar refractivity (Wildman–Crippen MR) is 78.1 cm³/mol. The monoisotopic (exact) mass is 290 g/mol. The number of nitrogens with zero attached hydrogens (tertiary/aromatic N) is 1. The van der Waals surface area contributed by atoms with E-state index in [1.807, 2.05) is 25.1 Å². The number of rotatable bonds is 4. The van der Waals surface area contributed by atoms with Crippen molar-refractivity contribution in [3.63, 3.8) is 0 Å². The smallest absolute Gasteiger partial charge is 0.255 e. The summed E-state index contributed by atoms with van der Waals surface area (Å²) in [5.41, 5.74) is 2.07. The molecule has 0 aliphatic carbocycles. The number of benzene rings is 1. The van der Waals surface area contributed by atoms with Crippen LogP contribution in [-0.4, -0.2) is 18.0 Å². The van der Waals surface area contributed by atoms with Crippen LogP contribution in [0.5, 0.6) is 5.75 Å². The van der Waals surface area contributed by atoms with Crippen LogP contribution >= 0.6 is 11.6 Å². The standard InChI is InChI=1S/C15H15ClN2O2/c1-10-7-14(20-2)12(8-13(10)16)15(19)18-9-11-5-3-4-6-17-11/h3-8H,9H2,1-2H3,(H,18,19). The molecule has 0 spiro atoms. The lowest BCUT2D eigenvalue weighted by Crippen LogP contribution is -2.23. The molecular formula is C15H15ClN2O2. The van der Waals surface area contributed by atoms with Gasteiger partial charge in [-0.3, -0.25) is 9.78 Å². The molecule has 2 aromatic rings. The van der Waals surface area contributed by atoms with Gasteiger partial charge in [0.1, 0.15) is 5.75 Å². The molecule has 1 aromatic heterocycles. The molecule has 1 amide bonds. The Balaban J connectivity index is 2.15. The first kappa shape index (κ1) is 14.3. The molecule has 4 nitrogen and oxygen atoms in total. The van der Waals surface area contributed by atoms with E-state index in [1.54, 1.807) is 18.3 Å². The number of amides is 1. The number of nitrogens with one attached hydrogen (secondary N) is 1. The van der Waals surface area contributed by atoms with Crippen molar-refractivity contribution >= 4 is 17.5 Å². The summed E-state index contributed by atoms with van der Waals surface area (Å²) in [6.07, 6.45) is 1.69. The van der Waals surface area contributed by atoms with Gasteiger partial charge < -0.3 is 10.1 Å². The van der Waals surface area contributed by atoms with Crippen molar-refractivity contribution < 1.29 is 9.53 Å². The summed E-state index contributed by atoms with van der Waals surface area (Å²) in [5, 5.41) is 3.33. The number of halogens is 1. The van der Waals surface area contributed by atoms with Crippen molar-refractivity contribution in [2.75, 3.05) is 7.11 Å². The van der Waals surface area contributed by atoms with E-state index >= 15 is 0 Å². The van der Waals surface area contributed by atoms with Crippen molar-refractivity contribution in [1.29, 1.82) is 0 Å². The molecule has 0 saturated heterocycles. The van der Waals surface area contributed by atoms with Gasteiger partial charge in [0.2, 0.25) is 0 Å². The van der Waals surface area contributed by atoms with Crippen LogP contribution in [0.2, 0.25) is 5.02 Å². The fraction of sp³-hybridized carbons (Fsp3) is 0.200. The van der Waals surface area contributed by atoms with Gasteiger partial charge in [-0.1, -0.05) is 17.7 Å². The average Bonchev–Trinajstić information content (AvgIpc) is 2.48. The minimum atomic E-state index is -0.241. The van der Waals surface area contributed by atoms with Crippen molar-refractivity contribution in [2.24, 2.45) is 0 Å². The van der Waals surface area contributed by atoms with E-state index in [1.165, 1.54) is 7.11 Å². The molecule has 0 aliphatic heterocycles. The predicted octanol–water partition coefficient (Wildman–Crippen LogP) is 2.98. The average molecular weight is 291 g/mol. The Labute approximate surface area is 122 Å². The summed E-state index contributed by atoms with van der Waals surface area (Å²) in [4.78, 5) is 16.3. The van der Waals surface area contributed by atoms with E-state index in [4.69, 9.17) is 16.3 Å². The van der Waals surface area contributed by atoms with Crippen molar-refractivity contribution in [1.82, 2.24) is 10.3 Å². The molecule has 2 rings (SSSR count). The highest BCUT2D eigenvalue weighted by Gasteiger charge is 2.14. The number of carbonyl (C=O) groups is 1. The van der Waals surface area contributed by atoms with E-state index in [0.29, 0.717) is 22.9 Å². The van der Waals surface area contributed by atoms with Crippen LogP contribution in [-0.2, 0) is 6.54 Å². The molecule has 1 N–H and O–H groups in total. The summed E-state index contributed by atoms with van der Waals surface area (Å²) in [6.45, 7) is 2.22. The molecule has 0 saturated carbocycles. The first-order valence-electron chi connectivity index (χ1n) is 6.14. The Morgan fingerprint density at radius 1 is 1.40 bits per heavy atom. The first-order valence-corrected chi connectivity index (χ1v) is 6.52. The second kappa shape index (κ2) is 6.39. The zero-order valence-corrected chi connectivity index (χ0v) is 12.1. The Bertz CT molecular complexity index is 615. The van der Waals surface area contributed by atoms with Gasteiger partial charge in [0.15, 0.2) is 0 Å². The number of hydrogen-bond acceptors (Lipinski definition) is 3. The highest BCUT2D eigenvalue weighted by molar-refractivity contribution is 6.31. The molecule has 20 heavy (non-hydrogen) atoms. The van der Waals surface area contributed by atoms with Gasteiger partial charge in [-0.2, -0.15) is 0 Å². The van der Waals surface area contributed by atoms with Gasteiger partial charge in [0, 0.05) is 11.2 Å².